The third-order valence-corrected chi connectivity index (χ3v) is 11.5. The number of fused-ring (bicyclic) bond motifs is 11. The third kappa shape index (κ3) is 3.55. The molecule has 6 unspecified atom stereocenters. The average Bonchev–Trinajstić information content (AvgIpc) is 3.64. The van der Waals surface area contributed by atoms with E-state index in [1.807, 2.05) is 0 Å². The van der Waals surface area contributed by atoms with Crippen molar-refractivity contribution in [1.29, 1.82) is 0 Å². The van der Waals surface area contributed by atoms with Gasteiger partial charge in [-0.25, -0.2) is 0 Å². The van der Waals surface area contributed by atoms with Crippen molar-refractivity contribution in [2.45, 2.75) is 48.7 Å². The summed E-state index contributed by atoms with van der Waals surface area (Å²) in [6.07, 6.45) is 23.3. The highest BCUT2D eigenvalue weighted by Gasteiger charge is 2.51. The summed E-state index contributed by atoms with van der Waals surface area (Å²) in [5.41, 5.74) is 10.1. The number of hydrogen-bond donors (Lipinski definition) is 0. The van der Waals surface area contributed by atoms with Crippen molar-refractivity contribution in [1.82, 2.24) is 0 Å². The summed E-state index contributed by atoms with van der Waals surface area (Å²) >= 11 is 0. The van der Waals surface area contributed by atoms with Gasteiger partial charge < -0.3 is 19.3 Å². The first-order valence-electron chi connectivity index (χ1n) is 17.1. The summed E-state index contributed by atoms with van der Waals surface area (Å²) in [6, 6.07) is 31.3. The number of para-hydroxylation sites is 3. The predicted octanol–water partition coefficient (Wildman–Crippen LogP) is 8.04. The molecule has 7 aliphatic rings. The molecule has 4 nitrogen and oxygen atoms in total. The standard InChI is InChI=1S/C42H33BN2O2/c1-2-12-26(13-3-1)45-36-24-27(44-34-18-8-4-14-28(34)29-15-5-9-19-35(29)44)22-23-30(36)31-25-39-40-42(41(31)45)47-38-21-11-7-17-33(38)43(40)32-16-6-10-20-37(32)46-39/h1-4,6-14,16-25,29-30,32,35-37H,5,15H2. The summed E-state index contributed by atoms with van der Waals surface area (Å²) in [4.78, 5) is 5.14. The molecule has 4 aromatic rings. The summed E-state index contributed by atoms with van der Waals surface area (Å²) in [5, 5.41) is 0. The topological polar surface area (TPSA) is 24.9 Å². The van der Waals surface area contributed by atoms with Crippen LogP contribution in [0.4, 0.5) is 17.1 Å². The molecule has 4 aromatic carbocycles. The lowest BCUT2D eigenvalue weighted by molar-refractivity contribution is 0.245. The van der Waals surface area contributed by atoms with E-state index in [4.69, 9.17) is 9.47 Å². The molecule has 5 heteroatoms. The zero-order chi connectivity index (χ0) is 30.6. The molecule has 3 aliphatic carbocycles. The van der Waals surface area contributed by atoms with E-state index in [2.05, 4.69) is 149 Å². The second-order valence-electron chi connectivity index (χ2n) is 13.8. The first-order chi connectivity index (χ1) is 23.3. The molecule has 226 valence electrons. The van der Waals surface area contributed by atoms with Crippen molar-refractivity contribution in [3.63, 3.8) is 0 Å². The first kappa shape index (κ1) is 26.0. The molecule has 6 atom stereocenters. The highest BCUT2D eigenvalue weighted by atomic mass is 16.5. The fraction of sp³-hybridized carbons (Fsp3) is 0.190. The SMILES string of the molecule is C1=CC2Oc3cc4c(c5c3B(c3ccccc3O5)C2C=C1)N(c1ccccc1)C1C=C(N2c3ccccc3C3CCC=CC32)C=CC41. The molecule has 4 aliphatic heterocycles. The number of rotatable bonds is 2. The van der Waals surface area contributed by atoms with Crippen molar-refractivity contribution in [2.24, 2.45) is 0 Å². The van der Waals surface area contributed by atoms with Crippen LogP contribution in [0.2, 0.25) is 5.82 Å². The van der Waals surface area contributed by atoms with Gasteiger partial charge in [-0.05, 0) is 78.0 Å². The lowest BCUT2D eigenvalue weighted by Crippen LogP contribution is -2.56. The Balaban J connectivity index is 1.11. The summed E-state index contributed by atoms with van der Waals surface area (Å²) in [5.74, 6) is 3.76. The number of benzene rings is 4. The summed E-state index contributed by atoms with van der Waals surface area (Å²) in [6.45, 7) is 0.160. The van der Waals surface area contributed by atoms with Gasteiger partial charge in [0, 0.05) is 40.2 Å². The Hall–Kier alpha value is -5.16. The van der Waals surface area contributed by atoms with E-state index in [1.54, 1.807) is 0 Å². The molecule has 0 N–H and O–H groups in total. The smallest absolute Gasteiger partial charge is 0.235 e. The van der Waals surface area contributed by atoms with Crippen LogP contribution < -0.4 is 30.2 Å². The zero-order valence-corrected chi connectivity index (χ0v) is 25.9. The van der Waals surface area contributed by atoms with Crippen LogP contribution in [0.1, 0.15) is 35.8 Å². The van der Waals surface area contributed by atoms with Crippen LogP contribution in [0.25, 0.3) is 0 Å². The second kappa shape index (κ2) is 9.68. The van der Waals surface area contributed by atoms with Crippen LogP contribution in [0, 0.1) is 0 Å². The maximum absolute atomic E-state index is 7.02. The molecule has 0 fully saturated rings. The van der Waals surface area contributed by atoms with Gasteiger partial charge in [-0.15, -0.1) is 0 Å². The van der Waals surface area contributed by atoms with Gasteiger partial charge in [0.1, 0.15) is 23.4 Å². The Morgan fingerprint density at radius 2 is 1.60 bits per heavy atom. The highest BCUT2D eigenvalue weighted by molar-refractivity contribution is 6.89. The normalized spacial score (nSPS) is 27.8. The summed E-state index contributed by atoms with van der Waals surface area (Å²) < 4.78 is 13.9. The Morgan fingerprint density at radius 3 is 2.55 bits per heavy atom. The number of anilines is 3. The largest absolute Gasteiger partial charge is 0.487 e. The van der Waals surface area contributed by atoms with Gasteiger partial charge in [-0.3, -0.25) is 0 Å². The minimum Gasteiger partial charge on any atom is -0.487 e. The molecule has 0 aromatic heterocycles. The van der Waals surface area contributed by atoms with Crippen molar-refractivity contribution < 1.29 is 9.47 Å². The van der Waals surface area contributed by atoms with E-state index in [1.165, 1.54) is 51.2 Å². The maximum Gasteiger partial charge on any atom is 0.235 e. The second-order valence-corrected chi connectivity index (χ2v) is 13.8. The molecular weight excluding hydrogens is 575 g/mol. The van der Waals surface area contributed by atoms with Gasteiger partial charge in [0.05, 0.1) is 17.8 Å². The van der Waals surface area contributed by atoms with E-state index in [0.717, 1.165) is 23.7 Å². The molecular formula is C42H33BN2O2. The first-order valence-corrected chi connectivity index (χ1v) is 17.1. The zero-order valence-electron chi connectivity index (χ0n) is 25.9. The van der Waals surface area contributed by atoms with Crippen LogP contribution in [0.3, 0.4) is 0 Å². The van der Waals surface area contributed by atoms with Gasteiger partial charge in [0.25, 0.3) is 0 Å². The minimum atomic E-state index is -0.00268. The quantitative estimate of drug-likeness (QED) is 0.170. The van der Waals surface area contributed by atoms with Crippen molar-refractivity contribution >= 4 is 34.7 Å². The molecule has 0 saturated heterocycles. The number of allylic oxidation sites excluding steroid dienone is 4. The van der Waals surface area contributed by atoms with Gasteiger partial charge >= 0.3 is 0 Å². The van der Waals surface area contributed by atoms with E-state index in [0.29, 0.717) is 12.0 Å². The van der Waals surface area contributed by atoms with Gasteiger partial charge in [-0.1, -0.05) is 91.1 Å². The Kier molecular flexibility index (Phi) is 5.35. The molecule has 11 rings (SSSR count). The molecule has 0 spiro atoms. The number of ether oxygens (including phenoxy) is 2. The summed E-state index contributed by atoms with van der Waals surface area (Å²) in [7, 11) is 0. The van der Waals surface area contributed by atoms with Crippen LogP contribution in [-0.4, -0.2) is 24.9 Å². The molecule has 4 heterocycles. The van der Waals surface area contributed by atoms with Crippen LogP contribution in [-0.2, 0) is 0 Å². The lowest BCUT2D eigenvalue weighted by atomic mass is 9.30. The Morgan fingerprint density at radius 1 is 0.745 bits per heavy atom. The number of nitrogens with zero attached hydrogens (tertiary/aromatic N) is 2. The molecule has 47 heavy (non-hydrogen) atoms. The molecule has 0 radical (unpaired) electrons. The number of hydrogen-bond acceptors (Lipinski definition) is 4. The molecule has 0 amide bonds. The maximum atomic E-state index is 7.02. The average molecular weight is 609 g/mol. The highest BCUT2D eigenvalue weighted by Crippen LogP contribution is 2.57. The van der Waals surface area contributed by atoms with Crippen molar-refractivity contribution in [3.05, 3.63) is 156 Å². The monoisotopic (exact) mass is 608 g/mol. The van der Waals surface area contributed by atoms with Crippen LogP contribution in [0.15, 0.2) is 145 Å². The van der Waals surface area contributed by atoms with Gasteiger partial charge in [-0.2, -0.15) is 0 Å². The van der Waals surface area contributed by atoms with Gasteiger partial charge in [0.15, 0.2) is 0 Å². The van der Waals surface area contributed by atoms with Crippen LogP contribution in [0.5, 0.6) is 17.2 Å². The fourth-order valence-corrected chi connectivity index (χ4v) is 9.61. The Labute approximate surface area is 275 Å². The third-order valence-electron chi connectivity index (χ3n) is 11.5. The van der Waals surface area contributed by atoms with E-state index in [9.17, 15) is 0 Å². The van der Waals surface area contributed by atoms with E-state index < -0.39 is 0 Å². The van der Waals surface area contributed by atoms with Crippen molar-refractivity contribution in [2.75, 3.05) is 9.80 Å². The van der Waals surface area contributed by atoms with E-state index in [-0.39, 0.29) is 30.6 Å². The minimum absolute atomic E-state index is 0.00268. The van der Waals surface area contributed by atoms with Gasteiger partial charge in [0.2, 0.25) is 6.71 Å². The fourth-order valence-electron chi connectivity index (χ4n) is 9.61. The molecule has 0 saturated carbocycles. The van der Waals surface area contributed by atoms with Crippen molar-refractivity contribution in [3.8, 4) is 17.2 Å². The lowest BCUT2D eigenvalue weighted by Gasteiger charge is -2.41. The van der Waals surface area contributed by atoms with E-state index >= 15 is 0 Å². The molecule has 0 bridgehead atoms. The Bertz CT molecular complexity index is 2130. The van der Waals surface area contributed by atoms with Crippen LogP contribution >= 0.6 is 0 Å². The predicted molar refractivity (Wildman–Crippen MR) is 191 cm³/mol.